The summed E-state index contributed by atoms with van der Waals surface area (Å²) in [5.41, 5.74) is -2.73. The summed E-state index contributed by atoms with van der Waals surface area (Å²) in [6.45, 7) is 1.77. The zero-order valence-corrected chi connectivity index (χ0v) is 19.8. The summed E-state index contributed by atoms with van der Waals surface area (Å²) in [5, 5.41) is -5.79. The van der Waals surface area contributed by atoms with Gasteiger partial charge in [-0.25, -0.2) is 0 Å². The van der Waals surface area contributed by atoms with Crippen LogP contribution in [0.5, 0.6) is 0 Å². The van der Waals surface area contributed by atoms with Crippen molar-refractivity contribution < 1.29 is 54.0 Å². The Hall–Kier alpha value is -0.770. The molecule has 4 fully saturated rings. The van der Waals surface area contributed by atoms with Crippen LogP contribution in [0.15, 0.2) is 0 Å². The summed E-state index contributed by atoms with van der Waals surface area (Å²) in [6, 6.07) is 0. The number of halogens is 6. The molecule has 4 aliphatic rings. The van der Waals surface area contributed by atoms with Gasteiger partial charge in [0.2, 0.25) is 0 Å². The standard InChI is InChI=1S/C18H22F5IO7S/c1-2-11(24)12(25)31-16-6-9-3-10(7-16)5-15(4-9,8-16)14(26)30-13(17(19,20)21)18(22,23)32(27,28)29/h9-11,13H,2-8H2,1H3,(H,27,28,29). The van der Waals surface area contributed by atoms with Crippen molar-refractivity contribution in [3.05, 3.63) is 0 Å². The van der Waals surface area contributed by atoms with E-state index in [0.29, 0.717) is 25.7 Å². The van der Waals surface area contributed by atoms with E-state index in [2.05, 4.69) is 4.74 Å². The fourth-order valence-corrected chi connectivity index (χ4v) is 6.25. The summed E-state index contributed by atoms with van der Waals surface area (Å²) in [7, 11) is -6.53. The monoisotopic (exact) mass is 604 g/mol. The Morgan fingerprint density at radius 2 is 1.66 bits per heavy atom. The summed E-state index contributed by atoms with van der Waals surface area (Å²) >= 11 is 1.89. The highest BCUT2D eigenvalue weighted by Gasteiger charge is 2.69. The molecule has 4 unspecified atom stereocenters. The minimum atomic E-state index is -6.53. The van der Waals surface area contributed by atoms with Gasteiger partial charge < -0.3 is 9.47 Å². The molecule has 0 aromatic carbocycles. The molecule has 0 aliphatic heterocycles. The molecule has 0 spiro atoms. The first-order valence-electron chi connectivity index (χ1n) is 9.94. The van der Waals surface area contributed by atoms with Gasteiger partial charge in [-0.3, -0.25) is 14.1 Å². The second-order valence-electron chi connectivity index (χ2n) is 9.09. The molecule has 14 heteroatoms. The van der Waals surface area contributed by atoms with Crippen molar-refractivity contribution in [3.8, 4) is 0 Å². The lowest BCUT2D eigenvalue weighted by molar-refractivity contribution is -0.269. The lowest BCUT2D eigenvalue weighted by Gasteiger charge is -2.60. The van der Waals surface area contributed by atoms with Gasteiger partial charge in [-0.15, -0.1) is 0 Å². The molecule has 1 N–H and O–H groups in total. The highest BCUT2D eigenvalue weighted by molar-refractivity contribution is 14.1. The van der Waals surface area contributed by atoms with Crippen LogP contribution >= 0.6 is 22.6 Å². The zero-order valence-electron chi connectivity index (χ0n) is 16.8. The molecule has 0 radical (unpaired) electrons. The van der Waals surface area contributed by atoms with Crippen LogP contribution in [0.2, 0.25) is 0 Å². The number of carbonyl (C=O) groups is 2. The molecule has 32 heavy (non-hydrogen) atoms. The lowest BCUT2D eigenvalue weighted by atomic mass is 9.48. The Labute approximate surface area is 194 Å². The topological polar surface area (TPSA) is 107 Å². The summed E-state index contributed by atoms with van der Waals surface area (Å²) in [6.07, 6.45) is -8.46. The number of rotatable bonds is 7. The first-order chi connectivity index (χ1) is 14.4. The van der Waals surface area contributed by atoms with E-state index in [4.69, 9.17) is 9.29 Å². The van der Waals surface area contributed by atoms with Gasteiger partial charge in [0, 0.05) is 6.42 Å². The Balaban J connectivity index is 1.90. The van der Waals surface area contributed by atoms with Crippen molar-refractivity contribution in [1.29, 1.82) is 0 Å². The maximum Gasteiger partial charge on any atom is 0.432 e. The Kier molecular flexibility index (Phi) is 6.60. The lowest BCUT2D eigenvalue weighted by Crippen LogP contribution is -2.62. The van der Waals surface area contributed by atoms with Crippen LogP contribution < -0.4 is 0 Å². The van der Waals surface area contributed by atoms with E-state index < -0.39 is 54.5 Å². The molecule has 7 nitrogen and oxygen atoms in total. The van der Waals surface area contributed by atoms with Gasteiger partial charge in [0.05, 0.1) is 5.41 Å². The van der Waals surface area contributed by atoms with Crippen LogP contribution in [0.3, 0.4) is 0 Å². The van der Waals surface area contributed by atoms with Gasteiger partial charge in [-0.05, 0) is 50.4 Å². The average molecular weight is 604 g/mol. The second-order valence-corrected chi connectivity index (χ2v) is 12.1. The summed E-state index contributed by atoms with van der Waals surface area (Å²) in [4.78, 5) is 25.3. The number of alkyl halides is 6. The van der Waals surface area contributed by atoms with Crippen LogP contribution in [0.4, 0.5) is 22.0 Å². The molecule has 4 atom stereocenters. The maximum absolute atomic E-state index is 13.9. The van der Waals surface area contributed by atoms with Crippen LogP contribution in [0, 0.1) is 17.3 Å². The molecule has 0 saturated heterocycles. The minimum Gasteiger partial charge on any atom is -0.458 e. The van der Waals surface area contributed by atoms with E-state index in [1.807, 2.05) is 22.6 Å². The highest BCUT2D eigenvalue weighted by atomic mass is 127. The Bertz CT molecular complexity index is 877. The molecule has 4 aliphatic carbocycles. The maximum atomic E-state index is 13.9. The molecule has 0 heterocycles. The quantitative estimate of drug-likeness (QED) is 0.154. The molecule has 4 rings (SSSR count). The van der Waals surface area contributed by atoms with Gasteiger partial charge >= 0.3 is 33.5 Å². The predicted molar refractivity (Wildman–Crippen MR) is 106 cm³/mol. The molecular weight excluding hydrogens is 582 g/mol. The van der Waals surface area contributed by atoms with Crippen molar-refractivity contribution in [2.75, 3.05) is 0 Å². The predicted octanol–water partition coefficient (Wildman–Crippen LogP) is 4.04. The van der Waals surface area contributed by atoms with E-state index in [0.717, 1.165) is 0 Å². The average Bonchev–Trinajstić information content (AvgIpc) is 2.61. The van der Waals surface area contributed by atoms with Crippen molar-refractivity contribution >= 4 is 44.6 Å². The summed E-state index contributed by atoms with van der Waals surface area (Å²) in [5.74, 6) is -2.52. The van der Waals surface area contributed by atoms with E-state index in [9.17, 15) is 40.0 Å². The number of hydrogen-bond acceptors (Lipinski definition) is 6. The number of carbonyl (C=O) groups excluding carboxylic acids is 2. The van der Waals surface area contributed by atoms with E-state index in [-0.39, 0.29) is 31.1 Å². The van der Waals surface area contributed by atoms with Crippen molar-refractivity contribution in [2.45, 2.75) is 78.9 Å². The third-order valence-corrected chi connectivity index (χ3v) is 8.83. The molecule has 4 saturated carbocycles. The Morgan fingerprint density at radius 3 is 2.09 bits per heavy atom. The molecule has 4 bridgehead atoms. The zero-order chi connectivity index (χ0) is 24.3. The fourth-order valence-electron chi connectivity index (χ4n) is 5.67. The molecule has 0 aromatic rings. The largest absolute Gasteiger partial charge is 0.458 e. The van der Waals surface area contributed by atoms with Crippen LogP contribution in [0.1, 0.15) is 51.9 Å². The first kappa shape index (κ1) is 25.8. The first-order valence-corrected chi connectivity index (χ1v) is 12.6. The number of ether oxygens (including phenoxy) is 2. The highest BCUT2D eigenvalue weighted by Crippen LogP contribution is 2.63. The third-order valence-electron chi connectivity index (χ3n) is 6.54. The van der Waals surface area contributed by atoms with Gasteiger partial charge in [-0.2, -0.15) is 30.4 Å². The fraction of sp³-hybridized carbons (Fsp3) is 0.889. The van der Waals surface area contributed by atoms with Crippen molar-refractivity contribution in [2.24, 2.45) is 17.3 Å². The normalized spacial score (nSPS) is 34.1. The van der Waals surface area contributed by atoms with Crippen LogP contribution in [-0.4, -0.2) is 52.0 Å². The van der Waals surface area contributed by atoms with Crippen LogP contribution in [-0.2, 0) is 29.2 Å². The molecular formula is C18H22F5IO7S. The van der Waals surface area contributed by atoms with Gasteiger partial charge in [0.15, 0.2) is 0 Å². The second kappa shape index (κ2) is 8.17. The van der Waals surface area contributed by atoms with Crippen LogP contribution in [0.25, 0.3) is 0 Å². The molecule has 0 aromatic heterocycles. The van der Waals surface area contributed by atoms with Gasteiger partial charge in [0.25, 0.3) is 6.10 Å². The molecule has 184 valence electrons. The van der Waals surface area contributed by atoms with E-state index in [1.165, 1.54) is 0 Å². The van der Waals surface area contributed by atoms with Gasteiger partial charge in [0.1, 0.15) is 9.53 Å². The number of hydrogen-bond donors (Lipinski definition) is 1. The van der Waals surface area contributed by atoms with Crippen molar-refractivity contribution in [3.63, 3.8) is 0 Å². The smallest absolute Gasteiger partial charge is 0.432 e. The van der Waals surface area contributed by atoms with Crippen molar-refractivity contribution in [1.82, 2.24) is 0 Å². The van der Waals surface area contributed by atoms with Gasteiger partial charge in [-0.1, -0.05) is 29.5 Å². The Morgan fingerprint density at radius 1 is 1.12 bits per heavy atom. The van der Waals surface area contributed by atoms with E-state index >= 15 is 0 Å². The SMILES string of the molecule is CCC(I)C(=O)OC12CC3CC(C1)CC(C(=O)OC(C(F)(F)F)C(F)(F)S(=O)(=O)O)(C3)C2. The number of esters is 2. The van der Waals surface area contributed by atoms with E-state index in [1.54, 1.807) is 6.92 Å². The minimum absolute atomic E-state index is 0.0606. The summed E-state index contributed by atoms with van der Waals surface area (Å²) < 4.78 is 107. The third kappa shape index (κ3) is 4.59. The molecule has 0 amide bonds.